The number of aliphatic hydroxyl groups excluding tert-OH is 1. The molecule has 0 saturated carbocycles. The highest BCUT2D eigenvalue weighted by Gasteiger charge is 2.41. The Morgan fingerprint density at radius 1 is 1.62 bits per heavy atom. The van der Waals surface area contributed by atoms with Crippen molar-refractivity contribution in [1.82, 2.24) is 19.5 Å². The van der Waals surface area contributed by atoms with E-state index in [4.69, 9.17) is 15.2 Å². The van der Waals surface area contributed by atoms with E-state index in [0.717, 1.165) is 0 Å². The Morgan fingerprint density at radius 2 is 2.43 bits per heavy atom. The minimum atomic E-state index is -0.612. The molecule has 3 atom stereocenters. The Balaban J connectivity index is 1.93. The molecular weight excluding hydrogens is 278 g/mol. The lowest BCUT2D eigenvalue weighted by Crippen LogP contribution is -2.28. The molecule has 9 nitrogen and oxygen atoms in total. The largest absolute Gasteiger partial charge is 0.469 e. The van der Waals surface area contributed by atoms with E-state index in [0.29, 0.717) is 17.6 Å². The lowest BCUT2D eigenvalue weighted by Gasteiger charge is -2.14. The number of anilines is 1. The first-order chi connectivity index (χ1) is 10.1. The summed E-state index contributed by atoms with van der Waals surface area (Å²) in [6.45, 7) is -0.264. The number of carbonyl (C=O) groups excluding carboxylic acids is 1. The molecule has 0 radical (unpaired) electrons. The zero-order chi connectivity index (χ0) is 15.0. The Hall–Kier alpha value is -2.26. The summed E-state index contributed by atoms with van der Waals surface area (Å²) in [7, 11) is 1.31. The first-order valence-electron chi connectivity index (χ1n) is 6.43. The highest BCUT2D eigenvalue weighted by atomic mass is 16.5. The van der Waals surface area contributed by atoms with Crippen LogP contribution in [0.4, 0.5) is 5.95 Å². The number of nitrogens with two attached hydrogens (primary N) is 1. The molecule has 3 heterocycles. The number of carbonyl (C=O) groups is 1. The summed E-state index contributed by atoms with van der Waals surface area (Å²) in [6.07, 6.45) is 2.36. The Morgan fingerprint density at radius 3 is 3.14 bits per heavy atom. The van der Waals surface area contributed by atoms with Crippen LogP contribution in [0.2, 0.25) is 0 Å². The highest BCUT2D eigenvalue weighted by Crippen LogP contribution is 2.35. The summed E-state index contributed by atoms with van der Waals surface area (Å²) in [5, 5.41) is 9.35. The number of imidazole rings is 1. The van der Waals surface area contributed by atoms with Crippen molar-refractivity contribution in [3.63, 3.8) is 0 Å². The number of nitrogens with zero attached hydrogens (tertiary/aromatic N) is 4. The molecule has 9 heteroatoms. The van der Waals surface area contributed by atoms with Crippen molar-refractivity contribution in [3.8, 4) is 0 Å². The fourth-order valence-electron chi connectivity index (χ4n) is 2.52. The Kier molecular flexibility index (Phi) is 3.43. The number of hydrogen-bond acceptors (Lipinski definition) is 8. The van der Waals surface area contributed by atoms with Gasteiger partial charge in [0.05, 0.1) is 38.3 Å². The maximum atomic E-state index is 11.7. The van der Waals surface area contributed by atoms with E-state index < -0.39 is 24.2 Å². The molecule has 0 spiro atoms. The normalized spacial score (nSPS) is 25.3. The molecule has 1 fully saturated rings. The quantitative estimate of drug-likeness (QED) is 0.724. The molecule has 0 bridgehead atoms. The Labute approximate surface area is 119 Å². The average molecular weight is 293 g/mol. The number of aliphatic hydroxyl groups is 1. The van der Waals surface area contributed by atoms with Gasteiger partial charge in [0, 0.05) is 6.42 Å². The zero-order valence-corrected chi connectivity index (χ0v) is 11.3. The zero-order valence-electron chi connectivity index (χ0n) is 11.3. The van der Waals surface area contributed by atoms with Crippen molar-refractivity contribution in [1.29, 1.82) is 0 Å². The van der Waals surface area contributed by atoms with Gasteiger partial charge in [-0.15, -0.1) is 0 Å². The van der Waals surface area contributed by atoms with Crippen molar-refractivity contribution in [3.05, 3.63) is 12.5 Å². The molecule has 0 aromatic carbocycles. The number of ether oxygens (including phenoxy) is 2. The van der Waals surface area contributed by atoms with Gasteiger partial charge in [0.2, 0.25) is 5.95 Å². The van der Waals surface area contributed by atoms with Crippen LogP contribution >= 0.6 is 0 Å². The molecule has 2 aromatic heterocycles. The maximum Gasteiger partial charge on any atom is 0.311 e. The number of hydrogen-bond donors (Lipinski definition) is 2. The van der Waals surface area contributed by atoms with E-state index in [1.54, 1.807) is 10.9 Å². The molecule has 1 aliphatic rings. The molecule has 1 saturated heterocycles. The second kappa shape index (κ2) is 5.26. The second-order valence-electron chi connectivity index (χ2n) is 4.77. The van der Waals surface area contributed by atoms with E-state index >= 15 is 0 Å². The molecule has 21 heavy (non-hydrogen) atoms. The van der Waals surface area contributed by atoms with E-state index in [2.05, 4.69) is 15.0 Å². The smallest absolute Gasteiger partial charge is 0.311 e. The summed E-state index contributed by atoms with van der Waals surface area (Å²) < 4.78 is 12.1. The van der Waals surface area contributed by atoms with Crippen molar-refractivity contribution < 1.29 is 19.4 Å². The molecule has 2 aromatic rings. The maximum absolute atomic E-state index is 11.7. The number of methoxy groups -OCH3 is 1. The topological polar surface area (TPSA) is 125 Å². The number of nitrogen functional groups attached to an aromatic ring is 1. The number of rotatable bonds is 3. The van der Waals surface area contributed by atoms with Crippen LogP contribution in [0.1, 0.15) is 12.6 Å². The average Bonchev–Trinajstić information content (AvgIpc) is 3.09. The van der Waals surface area contributed by atoms with Crippen molar-refractivity contribution in [2.45, 2.75) is 18.8 Å². The summed E-state index contributed by atoms with van der Waals surface area (Å²) in [4.78, 5) is 23.9. The fourth-order valence-corrected chi connectivity index (χ4v) is 2.52. The third-order valence-corrected chi connectivity index (χ3v) is 3.56. The van der Waals surface area contributed by atoms with Gasteiger partial charge >= 0.3 is 5.97 Å². The van der Waals surface area contributed by atoms with Crippen molar-refractivity contribution in [2.75, 3.05) is 19.5 Å². The second-order valence-corrected chi connectivity index (χ2v) is 4.77. The van der Waals surface area contributed by atoms with E-state index in [-0.39, 0.29) is 12.6 Å². The van der Waals surface area contributed by atoms with E-state index in [9.17, 15) is 9.90 Å². The standard InChI is InChI=1S/C12H15N5O4/c1-20-11(19)6-2-9(21-8(6)4-18)17-5-15-7-3-14-12(13)16-10(7)17/h3,5-6,8-9,18H,2,4H2,1H3,(H2,13,14,16)/t6-,8+,9+/m0/s1. The summed E-state index contributed by atoms with van der Waals surface area (Å²) in [5.41, 5.74) is 6.68. The molecule has 1 aliphatic heterocycles. The number of esters is 1. The van der Waals surface area contributed by atoms with Crippen LogP contribution in [0, 0.1) is 5.92 Å². The molecule has 112 valence electrons. The predicted octanol–water partition coefficient (Wildman–Crippen LogP) is -0.523. The molecule has 0 aliphatic carbocycles. The monoisotopic (exact) mass is 293 g/mol. The van der Waals surface area contributed by atoms with Crippen LogP contribution in [0.15, 0.2) is 12.5 Å². The van der Waals surface area contributed by atoms with Gasteiger partial charge in [-0.05, 0) is 0 Å². The molecule has 0 amide bonds. The van der Waals surface area contributed by atoms with Crippen LogP contribution in [0.25, 0.3) is 11.2 Å². The lowest BCUT2D eigenvalue weighted by molar-refractivity contribution is -0.148. The molecule has 3 rings (SSSR count). The van der Waals surface area contributed by atoms with Crippen LogP contribution in [0.3, 0.4) is 0 Å². The van der Waals surface area contributed by atoms with Gasteiger partial charge in [0.15, 0.2) is 5.65 Å². The third kappa shape index (κ3) is 2.30. The van der Waals surface area contributed by atoms with Crippen LogP contribution in [-0.4, -0.2) is 50.4 Å². The number of fused-ring (bicyclic) bond motifs is 1. The minimum absolute atomic E-state index is 0.130. The van der Waals surface area contributed by atoms with Gasteiger partial charge in [-0.1, -0.05) is 0 Å². The summed E-state index contributed by atoms with van der Waals surface area (Å²) >= 11 is 0. The number of aromatic nitrogens is 4. The van der Waals surface area contributed by atoms with Gasteiger partial charge in [-0.3, -0.25) is 9.36 Å². The first-order valence-corrected chi connectivity index (χ1v) is 6.43. The van der Waals surface area contributed by atoms with Gasteiger partial charge in [-0.2, -0.15) is 4.98 Å². The third-order valence-electron chi connectivity index (χ3n) is 3.56. The van der Waals surface area contributed by atoms with Gasteiger partial charge in [0.1, 0.15) is 11.7 Å². The predicted molar refractivity (Wildman–Crippen MR) is 70.9 cm³/mol. The SMILES string of the molecule is COC(=O)[C@H]1C[C@H](n2cnc3cnc(N)nc32)O[C@@H]1CO. The van der Waals surface area contributed by atoms with Crippen LogP contribution in [-0.2, 0) is 14.3 Å². The molecule has 3 N–H and O–H groups in total. The lowest BCUT2D eigenvalue weighted by atomic mass is 10.0. The summed E-state index contributed by atoms with van der Waals surface area (Å²) in [5.74, 6) is -0.804. The first kappa shape index (κ1) is 13.7. The minimum Gasteiger partial charge on any atom is -0.469 e. The molecule has 0 unspecified atom stereocenters. The van der Waals surface area contributed by atoms with Gasteiger partial charge in [-0.25, -0.2) is 9.97 Å². The fraction of sp³-hybridized carbons (Fsp3) is 0.500. The van der Waals surface area contributed by atoms with Gasteiger partial charge in [0.25, 0.3) is 0 Å². The van der Waals surface area contributed by atoms with E-state index in [1.165, 1.54) is 13.3 Å². The van der Waals surface area contributed by atoms with E-state index in [1.807, 2.05) is 0 Å². The van der Waals surface area contributed by atoms with Gasteiger partial charge < -0.3 is 20.3 Å². The van der Waals surface area contributed by atoms with Crippen molar-refractivity contribution >= 4 is 23.1 Å². The molecular formula is C12H15N5O4. The Bertz CT molecular complexity index is 673. The highest BCUT2D eigenvalue weighted by molar-refractivity contribution is 5.74. The summed E-state index contributed by atoms with van der Waals surface area (Å²) in [6, 6.07) is 0. The van der Waals surface area contributed by atoms with Crippen LogP contribution in [0.5, 0.6) is 0 Å². The van der Waals surface area contributed by atoms with Crippen molar-refractivity contribution in [2.24, 2.45) is 5.92 Å². The van der Waals surface area contributed by atoms with Crippen LogP contribution < -0.4 is 5.73 Å².